The average molecular weight is 357 g/mol. The molecule has 21 heavy (non-hydrogen) atoms. The third-order valence-corrected chi connectivity index (χ3v) is 3.78. The van der Waals surface area contributed by atoms with Gasteiger partial charge in [-0.15, -0.1) is 0 Å². The molecule has 0 atom stereocenters. The molecule has 0 heterocycles. The van der Waals surface area contributed by atoms with E-state index in [0.29, 0.717) is 0 Å². The second-order valence-corrected chi connectivity index (χ2v) is 5.47. The highest BCUT2D eigenvalue weighted by Crippen LogP contribution is 2.55. The molecule has 0 unspecified atom stereocenters. The van der Waals surface area contributed by atoms with Crippen molar-refractivity contribution in [2.75, 3.05) is 13.7 Å². The van der Waals surface area contributed by atoms with Gasteiger partial charge in [0.15, 0.2) is 0 Å². The van der Waals surface area contributed by atoms with E-state index in [1.165, 1.54) is 0 Å². The lowest BCUT2D eigenvalue weighted by Crippen LogP contribution is -2.64. The molecule has 0 aromatic rings. The van der Waals surface area contributed by atoms with E-state index in [2.05, 4.69) is 4.84 Å². The van der Waals surface area contributed by atoms with Crippen LogP contribution in [0.25, 0.3) is 0 Å². The molecular weight excluding hydrogens is 349 g/mol. The van der Waals surface area contributed by atoms with Gasteiger partial charge in [-0.05, 0) is 6.92 Å². The van der Waals surface area contributed by atoms with Gasteiger partial charge in [-0.1, -0.05) is 4.47 Å². The lowest BCUT2D eigenvalue weighted by molar-refractivity contribution is -0.383. The van der Waals surface area contributed by atoms with Gasteiger partial charge in [0.1, 0.15) is 0 Å². The largest absolute Gasteiger partial charge is 0.460 e. The Kier molecular flexibility index (Phi) is 5.26. The number of hydrogen-bond acceptors (Lipinski definition) is 3. The van der Waals surface area contributed by atoms with Crippen LogP contribution in [0.5, 0.6) is 0 Å². The molecule has 0 N–H and O–H groups in total. The van der Waals surface area contributed by atoms with Gasteiger partial charge in [0.05, 0.1) is 6.61 Å². The Morgan fingerprint density at radius 2 is 1.29 bits per heavy atom. The maximum absolute atomic E-state index is 13.1. The second kappa shape index (κ2) is 5.46. The lowest BCUT2D eigenvalue weighted by Gasteiger charge is -2.34. The van der Waals surface area contributed by atoms with E-state index in [0.717, 1.165) is 6.92 Å². The summed E-state index contributed by atoms with van der Waals surface area (Å²) in [5, 5.41) is -6.77. The Labute approximate surface area is 112 Å². The standard InChI is InChI=1S/C7H8F9NO3S/c1-3-20-17(2)21(18,19)7(15,16)5(10,11)4(8,9)6(12,13)14/h3H2,1-2H3. The number of nitrogens with zero attached hydrogens (tertiary/aromatic N) is 1. The normalized spacial score (nSPS) is 15.6. The van der Waals surface area contributed by atoms with Crippen LogP contribution in [0.4, 0.5) is 39.5 Å². The molecular formula is C7H8F9NO3S. The van der Waals surface area contributed by atoms with E-state index in [-0.39, 0.29) is 7.05 Å². The van der Waals surface area contributed by atoms with E-state index in [1.807, 2.05) is 0 Å². The van der Waals surface area contributed by atoms with Crippen molar-refractivity contribution in [3.63, 3.8) is 0 Å². The predicted molar refractivity (Wildman–Crippen MR) is 49.2 cm³/mol. The zero-order valence-corrected chi connectivity index (χ0v) is 11.0. The van der Waals surface area contributed by atoms with Gasteiger partial charge in [0.2, 0.25) is 0 Å². The third-order valence-electron chi connectivity index (χ3n) is 2.09. The summed E-state index contributed by atoms with van der Waals surface area (Å²) < 4.78 is 134. The molecule has 128 valence electrons. The summed E-state index contributed by atoms with van der Waals surface area (Å²) in [7, 11) is -6.52. The first kappa shape index (κ1) is 20.2. The zero-order chi connectivity index (χ0) is 17.5. The van der Waals surface area contributed by atoms with Crippen LogP contribution in [0, 0.1) is 0 Å². The van der Waals surface area contributed by atoms with Gasteiger partial charge in [-0.2, -0.15) is 39.5 Å². The van der Waals surface area contributed by atoms with Gasteiger partial charge in [-0.3, -0.25) is 4.84 Å². The number of alkyl halides is 9. The highest BCUT2D eigenvalue weighted by Gasteiger charge is 2.85. The molecule has 0 saturated carbocycles. The maximum atomic E-state index is 13.1. The number of hydroxylamine groups is 1. The molecule has 0 radical (unpaired) electrons. The van der Waals surface area contributed by atoms with Crippen molar-refractivity contribution >= 4 is 10.0 Å². The van der Waals surface area contributed by atoms with Crippen molar-refractivity contribution in [3.8, 4) is 0 Å². The van der Waals surface area contributed by atoms with Crippen LogP contribution in [0.2, 0.25) is 0 Å². The van der Waals surface area contributed by atoms with Crippen molar-refractivity contribution < 1.29 is 52.8 Å². The Morgan fingerprint density at radius 1 is 0.905 bits per heavy atom. The Hall–Kier alpha value is -0.760. The smallest absolute Gasteiger partial charge is 0.285 e. The van der Waals surface area contributed by atoms with Crippen LogP contribution in [-0.4, -0.2) is 49.8 Å². The summed E-state index contributed by atoms with van der Waals surface area (Å²) in [5.41, 5.74) is 0. The summed E-state index contributed by atoms with van der Waals surface area (Å²) in [5.74, 6) is -14.5. The van der Waals surface area contributed by atoms with Crippen molar-refractivity contribution in [2.24, 2.45) is 0 Å². The molecule has 0 amide bonds. The maximum Gasteiger partial charge on any atom is 0.460 e. The Morgan fingerprint density at radius 3 is 1.57 bits per heavy atom. The minimum atomic E-state index is -7.29. The van der Waals surface area contributed by atoms with E-state index in [4.69, 9.17) is 0 Å². The molecule has 0 saturated heterocycles. The van der Waals surface area contributed by atoms with Crippen molar-refractivity contribution in [2.45, 2.75) is 30.2 Å². The fourth-order valence-corrected chi connectivity index (χ4v) is 1.95. The van der Waals surface area contributed by atoms with Crippen LogP contribution in [0.1, 0.15) is 6.92 Å². The quantitative estimate of drug-likeness (QED) is 0.542. The first-order valence-electron chi connectivity index (χ1n) is 4.80. The first-order chi connectivity index (χ1) is 8.98. The highest BCUT2D eigenvalue weighted by atomic mass is 32.2. The minimum absolute atomic E-state index is 0.133. The fourth-order valence-electron chi connectivity index (χ4n) is 0.935. The monoisotopic (exact) mass is 357 g/mol. The average Bonchev–Trinajstić information content (AvgIpc) is 2.26. The molecule has 0 aliphatic rings. The van der Waals surface area contributed by atoms with Gasteiger partial charge < -0.3 is 0 Å². The molecule has 14 heteroatoms. The molecule has 0 aliphatic heterocycles. The van der Waals surface area contributed by atoms with Crippen LogP contribution in [0.15, 0.2) is 0 Å². The lowest BCUT2D eigenvalue weighted by atomic mass is 10.1. The fraction of sp³-hybridized carbons (Fsp3) is 1.00. The van der Waals surface area contributed by atoms with E-state index in [9.17, 15) is 47.9 Å². The topological polar surface area (TPSA) is 46.6 Å². The molecule has 0 aromatic heterocycles. The van der Waals surface area contributed by atoms with Crippen LogP contribution < -0.4 is 0 Å². The van der Waals surface area contributed by atoms with Gasteiger partial charge in [0.25, 0.3) is 0 Å². The number of hydrogen-bond donors (Lipinski definition) is 0. The summed E-state index contributed by atoms with van der Waals surface area (Å²) in [6.45, 7) is 0.361. The zero-order valence-electron chi connectivity index (χ0n) is 10.2. The van der Waals surface area contributed by atoms with E-state index in [1.54, 1.807) is 0 Å². The van der Waals surface area contributed by atoms with Crippen LogP contribution in [-0.2, 0) is 14.9 Å². The molecule has 0 rings (SSSR count). The number of rotatable bonds is 6. The Balaban J connectivity index is 6.02. The summed E-state index contributed by atoms with van der Waals surface area (Å²) in [4.78, 5) is 3.89. The summed E-state index contributed by atoms with van der Waals surface area (Å²) in [6.07, 6.45) is -7.10. The van der Waals surface area contributed by atoms with Gasteiger partial charge in [-0.25, -0.2) is 8.42 Å². The number of halogens is 9. The van der Waals surface area contributed by atoms with Crippen molar-refractivity contribution in [1.29, 1.82) is 0 Å². The summed E-state index contributed by atoms with van der Waals surface area (Å²) >= 11 is 0. The number of sulfonamides is 1. The van der Waals surface area contributed by atoms with Crippen LogP contribution >= 0.6 is 0 Å². The SMILES string of the molecule is CCON(C)S(=O)(=O)C(F)(F)C(F)(F)C(F)(F)C(F)(F)F. The molecule has 4 nitrogen and oxygen atoms in total. The van der Waals surface area contributed by atoms with Gasteiger partial charge in [0, 0.05) is 7.05 Å². The van der Waals surface area contributed by atoms with Crippen molar-refractivity contribution in [1.82, 2.24) is 4.47 Å². The predicted octanol–water partition coefficient (Wildman–Crippen LogP) is 2.63. The molecule has 0 aromatic carbocycles. The van der Waals surface area contributed by atoms with E-state index >= 15 is 0 Å². The summed E-state index contributed by atoms with van der Waals surface area (Å²) in [6, 6.07) is 0. The molecule has 0 fully saturated rings. The van der Waals surface area contributed by atoms with Crippen LogP contribution in [0.3, 0.4) is 0 Å². The molecule has 0 spiro atoms. The van der Waals surface area contributed by atoms with Crippen molar-refractivity contribution in [3.05, 3.63) is 0 Å². The minimum Gasteiger partial charge on any atom is -0.285 e. The van der Waals surface area contributed by atoms with E-state index < -0.39 is 44.4 Å². The second-order valence-electron chi connectivity index (χ2n) is 3.50. The third kappa shape index (κ3) is 2.92. The Bertz CT molecular complexity index is 472. The first-order valence-corrected chi connectivity index (χ1v) is 6.24. The highest BCUT2D eigenvalue weighted by molar-refractivity contribution is 7.90. The molecule has 0 aliphatic carbocycles. The molecule has 0 bridgehead atoms. The van der Waals surface area contributed by atoms with Gasteiger partial charge >= 0.3 is 33.3 Å².